The molecule has 6 nitrogen and oxygen atoms in total. The number of carbonyl (C=O) groups excluding carboxylic acids is 3. The number of benzene rings is 1. The summed E-state index contributed by atoms with van der Waals surface area (Å²) in [5.74, 6) is -2.05. The third-order valence-electron chi connectivity index (χ3n) is 4.93. The SMILES string of the molecule is CC(=O)c1ccc(N2C(=O)[C@H]3[C@@H]4C=C[C@](CO)(O4)[C@@H]3C2=O)cc1. The minimum absolute atomic E-state index is 0.0811. The van der Waals surface area contributed by atoms with Crippen LogP contribution in [-0.2, 0) is 14.3 Å². The Morgan fingerprint density at radius 2 is 1.96 bits per heavy atom. The maximum atomic E-state index is 12.8. The number of aliphatic hydroxyl groups excluding tert-OH is 1. The fourth-order valence-corrected chi connectivity index (χ4v) is 3.78. The lowest BCUT2D eigenvalue weighted by Gasteiger charge is -2.26. The molecular formula is C17H15NO5. The molecule has 0 spiro atoms. The minimum atomic E-state index is -1.09. The molecule has 0 unspecified atom stereocenters. The van der Waals surface area contributed by atoms with Crippen molar-refractivity contribution in [3.63, 3.8) is 0 Å². The lowest BCUT2D eigenvalue weighted by atomic mass is 9.77. The van der Waals surface area contributed by atoms with Gasteiger partial charge in [-0.05, 0) is 31.2 Å². The van der Waals surface area contributed by atoms with E-state index in [9.17, 15) is 19.5 Å². The highest BCUT2D eigenvalue weighted by molar-refractivity contribution is 6.23. The van der Waals surface area contributed by atoms with E-state index in [0.717, 1.165) is 4.90 Å². The van der Waals surface area contributed by atoms with E-state index in [4.69, 9.17) is 4.74 Å². The van der Waals surface area contributed by atoms with Crippen molar-refractivity contribution in [3.05, 3.63) is 42.0 Å². The quantitative estimate of drug-likeness (QED) is 0.504. The summed E-state index contributed by atoms with van der Waals surface area (Å²) in [7, 11) is 0. The molecule has 3 heterocycles. The molecule has 6 heteroatoms. The molecule has 2 fully saturated rings. The number of nitrogens with zero attached hydrogens (tertiary/aromatic N) is 1. The van der Waals surface area contributed by atoms with E-state index in [1.54, 1.807) is 36.4 Å². The van der Waals surface area contributed by atoms with Gasteiger partial charge in [0.25, 0.3) is 0 Å². The zero-order valence-corrected chi connectivity index (χ0v) is 12.4. The number of fused-ring (bicyclic) bond motifs is 5. The number of Topliss-reactive ketones (excluding diaryl/α,β-unsaturated/α-hetero) is 1. The highest BCUT2D eigenvalue weighted by Gasteiger charge is 2.67. The van der Waals surface area contributed by atoms with Gasteiger partial charge in [-0.15, -0.1) is 0 Å². The summed E-state index contributed by atoms with van der Waals surface area (Å²) < 4.78 is 5.68. The van der Waals surface area contributed by atoms with E-state index in [0.29, 0.717) is 11.3 Å². The van der Waals surface area contributed by atoms with E-state index in [-0.39, 0.29) is 24.2 Å². The van der Waals surface area contributed by atoms with Crippen LogP contribution in [0.1, 0.15) is 17.3 Å². The number of ether oxygens (including phenoxy) is 1. The van der Waals surface area contributed by atoms with Crippen molar-refractivity contribution in [1.29, 1.82) is 0 Å². The van der Waals surface area contributed by atoms with Crippen LogP contribution in [-0.4, -0.2) is 41.0 Å². The van der Waals surface area contributed by atoms with Crippen LogP contribution in [0.3, 0.4) is 0 Å². The zero-order chi connectivity index (χ0) is 16.4. The van der Waals surface area contributed by atoms with E-state index in [2.05, 4.69) is 0 Å². The molecule has 2 bridgehead atoms. The fraction of sp³-hybridized carbons (Fsp3) is 0.353. The summed E-state index contributed by atoms with van der Waals surface area (Å²) in [5, 5.41) is 9.65. The molecule has 0 radical (unpaired) electrons. The fourth-order valence-electron chi connectivity index (χ4n) is 3.78. The van der Waals surface area contributed by atoms with Crippen LogP contribution in [0, 0.1) is 11.8 Å². The molecule has 1 N–H and O–H groups in total. The summed E-state index contributed by atoms with van der Waals surface area (Å²) in [5.41, 5.74) is -0.132. The van der Waals surface area contributed by atoms with Crippen molar-refractivity contribution in [2.45, 2.75) is 18.6 Å². The van der Waals surface area contributed by atoms with Crippen molar-refractivity contribution >= 4 is 23.3 Å². The highest BCUT2D eigenvalue weighted by Crippen LogP contribution is 2.52. The van der Waals surface area contributed by atoms with Crippen molar-refractivity contribution in [3.8, 4) is 0 Å². The van der Waals surface area contributed by atoms with Gasteiger partial charge in [0.1, 0.15) is 5.60 Å². The van der Waals surface area contributed by atoms with Crippen molar-refractivity contribution in [2.24, 2.45) is 11.8 Å². The summed E-state index contributed by atoms with van der Waals surface area (Å²) in [6.45, 7) is 1.12. The molecule has 0 aliphatic carbocycles. The van der Waals surface area contributed by atoms with E-state index in [1.165, 1.54) is 6.92 Å². The van der Waals surface area contributed by atoms with Gasteiger partial charge in [0.2, 0.25) is 11.8 Å². The summed E-state index contributed by atoms with van der Waals surface area (Å²) in [6.07, 6.45) is 2.96. The third kappa shape index (κ3) is 1.73. The Bertz CT molecular complexity index is 753. The van der Waals surface area contributed by atoms with E-state index in [1.807, 2.05) is 0 Å². The van der Waals surface area contributed by atoms with Crippen LogP contribution >= 0.6 is 0 Å². The van der Waals surface area contributed by atoms with Gasteiger partial charge in [-0.3, -0.25) is 14.4 Å². The van der Waals surface area contributed by atoms with Gasteiger partial charge in [-0.25, -0.2) is 4.90 Å². The molecule has 1 aromatic carbocycles. The number of amides is 2. The van der Waals surface area contributed by atoms with Crippen LogP contribution in [0.25, 0.3) is 0 Å². The molecule has 0 saturated carbocycles. The average molecular weight is 313 g/mol. The first-order valence-electron chi connectivity index (χ1n) is 7.45. The number of hydrogen-bond acceptors (Lipinski definition) is 5. The lowest BCUT2D eigenvalue weighted by Crippen LogP contribution is -2.43. The summed E-state index contributed by atoms with van der Waals surface area (Å²) in [4.78, 5) is 38.0. The normalized spacial score (nSPS) is 34.3. The maximum Gasteiger partial charge on any atom is 0.241 e. The maximum absolute atomic E-state index is 12.8. The zero-order valence-electron chi connectivity index (χ0n) is 12.4. The van der Waals surface area contributed by atoms with Gasteiger partial charge in [-0.2, -0.15) is 0 Å². The van der Waals surface area contributed by atoms with Crippen LogP contribution in [0.5, 0.6) is 0 Å². The number of anilines is 1. The lowest BCUT2D eigenvalue weighted by molar-refractivity contribution is -0.128. The molecule has 4 rings (SSSR count). The smallest absolute Gasteiger partial charge is 0.241 e. The van der Waals surface area contributed by atoms with E-state index >= 15 is 0 Å². The van der Waals surface area contributed by atoms with Gasteiger partial charge in [0, 0.05) is 5.56 Å². The first-order valence-corrected chi connectivity index (χ1v) is 7.45. The van der Waals surface area contributed by atoms with Crippen molar-refractivity contribution < 1.29 is 24.2 Å². The third-order valence-corrected chi connectivity index (χ3v) is 4.93. The predicted molar refractivity (Wildman–Crippen MR) is 79.7 cm³/mol. The molecule has 2 amide bonds. The van der Waals surface area contributed by atoms with Gasteiger partial charge in [0.15, 0.2) is 5.78 Å². The molecule has 23 heavy (non-hydrogen) atoms. The Balaban J connectivity index is 1.72. The Hall–Kier alpha value is -2.31. The Labute approximate surface area is 132 Å². The molecule has 0 aromatic heterocycles. The molecule has 118 valence electrons. The number of ketones is 1. The average Bonchev–Trinajstić information content (AvgIpc) is 3.19. The van der Waals surface area contributed by atoms with Gasteiger partial charge >= 0.3 is 0 Å². The van der Waals surface area contributed by atoms with Gasteiger partial charge in [-0.1, -0.05) is 12.2 Å². The Morgan fingerprint density at radius 3 is 2.57 bits per heavy atom. The topological polar surface area (TPSA) is 83.9 Å². The van der Waals surface area contributed by atoms with Crippen LogP contribution in [0.2, 0.25) is 0 Å². The number of aliphatic hydroxyl groups is 1. The first-order chi connectivity index (χ1) is 11.0. The second-order valence-corrected chi connectivity index (χ2v) is 6.17. The highest BCUT2D eigenvalue weighted by atomic mass is 16.5. The van der Waals surface area contributed by atoms with Gasteiger partial charge < -0.3 is 9.84 Å². The number of carbonyl (C=O) groups is 3. The second-order valence-electron chi connectivity index (χ2n) is 6.17. The summed E-state index contributed by atoms with van der Waals surface area (Å²) >= 11 is 0. The molecule has 3 aliphatic heterocycles. The molecule has 1 aromatic rings. The number of hydrogen-bond donors (Lipinski definition) is 1. The predicted octanol–water partition coefficient (Wildman–Crippen LogP) is 0.694. The van der Waals surface area contributed by atoms with Gasteiger partial charge in [0.05, 0.1) is 30.2 Å². The van der Waals surface area contributed by atoms with Crippen LogP contribution in [0.4, 0.5) is 5.69 Å². The Morgan fingerprint density at radius 1 is 1.26 bits per heavy atom. The molecule has 4 atom stereocenters. The van der Waals surface area contributed by atoms with Crippen LogP contribution in [0.15, 0.2) is 36.4 Å². The standard InChI is InChI=1S/C17H15NO5/c1-9(20)10-2-4-11(5-3-10)18-15(21)13-12-6-7-17(8-19,23-12)14(13)16(18)22/h2-7,12-14,19H,8H2,1H3/t12-,13-,14-,17+/m0/s1. The van der Waals surface area contributed by atoms with E-state index < -0.39 is 23.5 Å². The first kappa shape index (κ1) is 14.3. The van der Waals surface area contributed by atoms with Crippen molar-refractivity contribution in [2.75, 3.05) is 11.5 Å². The molecular weight excluding hydrogens is 298 g/mol. The molecule has 2 saturated heterocycles. The largest absolute Gasteiger partial charge is 0.393 e. The second kappa shape index (κ2) is 4.59. The summed E-state index contributed by atoms with van der Waals surface area (Å²) in [6, 6.07) is 6.37. The monoisotopic (exact) mass is 313 g/mol. The van der Waals surface area contributed by atoms with Crippen molar-refractivity contribution in [1.82, 2.24) is 0 Å². The number of rotatable bonds is 3. The molecule has 3 aliphatic rings. The minimum Gasteiger partial charge on any atom is -0.393 e. The van der Waals surface area contributed by atoms with Crippen LogP contribution < -0.4 is 4.90 Å². The Kier molecular flexibility index (Phi) is 2.86. The number of imide groups is 1.